The van der Waals surface area contributed by atoms with Crippen LogP contribution in [0.2, 0.25) is 18.1 Å². The van der Waals surface area contributed by atoms with Gasteiger partial charge in [-0.2, -0.15) is 0 Å². The Morgan fingerprint density at radius 3 is 2.03 bits per heavy atom. The fraction of sp³-hybridized carbons (Fsp3) is 0.407. The van der Waals surface area contributed by atoms with Gasteiger partial charge in [0.25, 0.3) is 0 Å². The zero-order chi connectivity index (χ0) is 23.6. The normalized spacial score (nSPS) is 21.7. The Morgan fingerprint density at radius 2 is 1.56 bits per heavy atom. The van der Waals surface area contributed by atoms with Gasteiger partial charge in [-0.3, -0.25) is 0 Å². The molecule has 1 aliphatic carbocycles. The molecule has 32 heavy (non-hydrogen) atoms. The van der Waals surface area contributed by atoms with Gasteiger partial charge in [-0.15, -0.1) is 0 Å². The molecule has 0 aromatic heterocycles. The summed E-state index contributed by atoms with van der Waals surface area (Å²) in [5.41, 5.74) is 1.69. The van der Waals surface area contributed by atoms with Gasteiger partial charge in [-0.25, -0.2) is 4.39 Å². The molecular weight excluding hydrogens is 434 g/mol. The molecule has 0 radical (unpaired) electrons. The van der Waals surface area contributed by atoms with Crippen LogP contribution in [0.25, 0.3) is 0 Å². The lowest BCUT2D eigenvalue weighted by atomic mass is 9.87. The summed E-state index contributed by atoms with van der Waals surface area (Å²) in [6.07, 6.45) is 1.65. The van der Waals surface area contributed by atoms with Crippen LogP contribution in [-0.2, 0) is 8.99 Å². The molecule has 2 nitrogen and oxygen atoms in total. The Labute approximate surface area is 194 Å². The van der Waals surface area contributed by atoms with Crippen LogP contribution in [0.5, 0.6) is 0 Å². The number of rotatable bonds is 6. The fourth-order valence-electron chi connectivity index (χ4n) is 3.84. The summed E-state index contributed by atoms with van der Waals surface area (Å²) in [6, 6.07) is 19.2. The Morgan fingerprint density at radius 1 is 1.06 bits per heavy atom. The van der Waals surface area contributed by atoms with Gasteiger partial charge >= 0.3 is 0 Å². The predicted molar refractivity (Wildman–Crippen MR) is 138 cm³/mol. The van der Waals surface area contributed by atoms with Crippen molar-refractivity contribution in [3.8, 4) is 0 Å². The average molecular weight is 471 g/mol. The van der Waals surface area contributed by atoms with Crippen LogP contribution in [0.3, 0.4) is 0 Å². The molecule has 0 heterocycles. The van der Waals surface area contributed by atoms with Crippen molar-refractivity contribution >= 4 is 26.1 Å². The lowest BCUT2D eigenvalue weighted by molar-refractivity contribution is 0.147. The molecule has 2 aromatic rings. The highest BCUT2D eigenvalue weighted by Gasteiger charge is 2.41. The Balaban J connectivity index is 1.91. The molecule has 3 rings (SSSR count). The van der Waals surface area contributed by atoms with E-state index in [4.69, 9.17) is 4.43 Å². The molecule has 172 valence electrons. The maximum atomic E-state index is 14.8. The van der Waals surface area contributed by atoms with E-state index >= 15 is 0 Å². The quantitative estimate of drug-likeness (QED) is 0.335. The molecular formula is C27H36FO2PSi. The summed E-state index contributed by atoms with van der Waals surface area (Å²) < 4.78 is 35.6. The van der Waals surface area contributed by atoms with Gasteiger partial charge in [0.1, 0.15) is 13.3 Å². The van der Waals surface area contributed by atoms with Crippen LogP contribution in [0.15, 0.2) is 84.5 Å². The van der Waals surface area contributed by atoms with Crippen LogP contribution in [0, 0.1) is 0 Å². The summed E-state index contributed by atoms with van der Waals surface area (Å²) in [5.74, 6) is 0. The molecule has 1 saturated carbocycles. The van der Waals surface area contributed by atoms with Crippen molar-refractivity contribution in [3.05, 3.63) is 84.5 Å². The molecule has 5 heteroatoms. The molecule has 0 amide bonds. The topological polar surface area (TPSA) is 26.3 Å². The van der Waals surface area contributed by atoms with Crippen LogP contribution < -0.4 is 10.6 Å². The summed E-state index contributed by atoms with van der Waals surface area (Å²) in [4.78, 5) is 0. The summed E-state index contributed by atoms with van der Waals surface area (Å²) >= 11 is 0. The number of hydrogen-bond donors (Lipinski definition) is 0. The number of benzene rings is 2. The second kappa shape index (κ2) is 9.63. The first-order valence-corrected chi connectivity index (χ1v) is 16.1. The number of alkyl halides is 1. The highest BCUT2D eigenvalue weighted by atomic mass is 31.2. The third kappa shape index (κ3) is 5.42. The Kier molecular flexibility index (Phi) is 7.49. The smallest absolute Gasteiger partial charge is 0.192 e. The summed E-state index contributed by atoms with van der Waals surface area (Å²) in [6.45, 7) is 15.2. The van der Waals surface area contributed by atoms with Crippen molar-refractivity contribution in [3.63, 3.8) is 0 Å². The minimum Gasteiger partial charge on any atom is -0.410 e. The largest absolute Gasteiger partial charge is 0.410 e. The lowest BCUT2D eigenvalue weighted by Crippen LogP contribution is -2.46. The van der Waals surface area contributed by atoms with Gasteiger partial charge in [-0.05, 0) is 29.3 Å². The summed E-state index contributed by atoms with van der Waals surface area (Å²) in [5, 5.41) is 1.67. The molecule has 0 saturated heterocycles. The molecule has 0 bridgehead atoms. The first-order valence-electron chi connectivity index (χ1n) is 11.3. The maximum Gasteiger partial charge on any atom is 0.192 e. The van der Waals surface area contributed by atoms with Crippen molar-refractivity contribution in [1.29, 1.82) is 0 Å². The highest BCUT2D eigenvalue weighted by Crippen LogP contribution is 2.45. The minimum atomic E-state index is -2.90. The van der Waals surface area contributed by atoms with Gasteiger partial charge in [0.15, 0.2) is 8.32 Å². The van der Waals surface area contributed by atoms with Crippen LogP contribution in [0.1, 0.15) is 33.6 Å². The van der Waals surface area contributed by atoms with Crippen LogP contribution in [0.4, 0.5) is 4.39 Å². The third-order valence-electron chi connectivity index (χ3n) is 6.90. The SMILES string of the molecule is C=C1C(=CCP(=O)(c2ccccc2)c2ccccc2)C[C@@H](F)C[C@@H]1O[Si](C)(C)C(C)(C)C. The first-order chi connectivity index (χ1) is 14.9. The van der Waals surface area contributed by atoms with Crippen LogP contribution in [-0.4, -0.2) is 26.8 Å². The maximum absolute atomic E-state index is 14.8. The fourth-order valence-corrected chi connectivity index (χ4v) is 7.64. The number of halogens is 1. The van der Waals surface area contributed by atoms with E-state index in [0.29, 0.717) is 19.0 Å². The van der Waals surface area contributed by atoms with Gasteiger partial charge in [0.05, 0.1) is 6.10 Å². The first kappa shape index (κ1) is 24.9. The van der Waals surface area contributed by atoms with Gasteiger partial charge in [0.2, 0.25) is 0 Å². The van der Waals surface area contributed by atoms with Gasteiger partial charge in [-0.1, -0.05) is 94.1 Å². The second-order valence-electron chi connectivity index (χ2n) is 10.3. The van der Waals surface area contributed by atoms with E-state index in [0.717, 1.165) is 21.8 Å². The van der Waals surface area contributed by atoms with Gasteiger partial charge in [0, 0.05) is 29.6 Å². The van der Waals surface area contributed by atoms with Crippen LogP contribution >= 0.6 is 7.14 Å². The predicted octanol–water partition coefficient (Wildman–Crippen LogP) is 7.01. The van der Waals surface area contributed by atoms with E-state index in [9.17, 15) is 8.96 Å². The van der Waals surface area contributed by atoms with Gasteiger partial charge < -0.3 is 8.99 Å². The monoisotopic (exact) mass is 470 g/mol. The standard InChI is InChI=1S/C27H36FO2PSi/c1-21-22(19-23(28)20-26(21)30-32(5,6)27(2,3)4)17-18-31(29,24-13-9-7-10-14-24)25-15-11-8-12-16-25/h7-17,23,26H,1,18-20H2,2-6H3/t23-,26+/m1/s1. The van der Waals surface area contributed by atoms with E-state index in [2.05, 4.69) is 40.4 Å². The average Bonchev–Trinajstić information content (AvgIpc) is 2.75. The molecule has 0 N–H and O–H groups in total. The molecule has 0 unspecified atom stereocenters. The van der Waals surface area contributed by atoms with Crippen molar-refractivity contribution in [2.75, 3.05) is 6.16 Å². The van der Waals surface area contributed by atoms with Crippen molar-refractivity contribution in [2.45, 2.75) is 64.0 Å². The minimum absolute atomic E-state index is 0.0384. The summed E-state index contributed by atoms with van der Waals surface area (Å²) in [7, 11) is -4.96. The molecule has 2 atom stereocenters. The number of allylic oxidation sites excluding steroid dienone is 1. The second-order valence-corrected chi connectivity index (χ2v) is 17.9. The van der Waals surface area contributed by atoms with E-state index in [1.54, 1.807) is 0 Å². The van der Waals surface area contributed by atoms with Crippen molar-refractivity contribution < 1.29 is 13.4 Å². The Hall–Kier alpha value is -1.74. The zero-order valence-corrected chi connectivity index (χ0v) is 21.9. The zero-order valence-electron chi connectivity index (χ0n) is 20.0. The van der Waals surface area contributed by atoms with E-state index < -0.39 is 21.6 Å². The van der Waals surface area contributed by atoms with Crippen molar-refractivity contribution in [2.24, 2.45) is 0 Å². The Bertz CT molecular complexity index is 965. The molecule has 0 aliphatic heterocycles. The molecule has 0 spiro atoms. The van der Waals surface area contributed by atoms with E-state index in [-0.39, 0.29) is 11.1 Å². The molecule has 1 fully saturated rings. The lowest BCUT2D eigenvalue weighted by Gasteiger charge is -2.42. The molecule has 2 aromatic carbocycles. The van der Waals surface area contributed by atoms with E-state index in [1.807, 2.05) is 66.7 Å². The molecule has 1 aliphatic rings. The van der Waals surface area contributed by atoms with E-state index in [1.165, 1.54) is 0 Å². The third-order valence-corrected chi connectivity index (χ3v) is 14.3. The highest BCUT2D eigenvalue weighted by molar-refractivity contribution is 7.78. The number of hydrogen-bond acceptors (Lipinski definition) is 2. The van der Waals surface area contributed by atoms with Crippen molar-refractivity contribution in [1.82, 2.24) is 0 Å².